The molecule has 2 atom stereocenters. The largest absolute Gasteiger partial charge is 0.392 e. The highest BCUT2D eigenvalue weighted by atomic mass is 32.1. The van der Waals surface area contributed by atoms with Crippen molar-refractivity contribution in [1.82, 2.24) is 4.90 Å². The Balaban J connectivity index is 1.78. The topological polar surface area (TPSA) is 78.6 Å². The molecule has 1 fully saturated rings. The standard InChI is InChI=1S/C18H23N3O3S/c1-20-8-2-4-14(18(20)17-5-3-9-25-17)11-19-15-10-13(12-22)6-7-16(15)21(23)24/h3,5-7,9-10,14,18-19,22H,2,4,8,11-12H2,1H3. The first-order chi connectivity index (χ1) is 12.1. The quantitative estimate of drug-likeness (QED) is 0.607. The van der Waals surface area contributed by atoms with E-state index in [0.717, 1.165) is 19.4 Å². The van der Waals surface area contributed by atoms with Crippen LogP contribution in [-0.4, -0.2) is 35.1 Å². The van der Waals surface area contributed by atoms with E-state index in [2.05, 4.69) is 34.8 Å². The summed E-state index contributed by atoms with van der Waals surface area (Å²) in [5.74, 6) is 0.384. The second-order valence-corrected chi connectivity index (χ2v) is 7.47. The predicted molar refractivity (Wildman–Crippen MR) is 99.9 cm³/mol. The first-order valence-corrected chi connectivity index (χ1v) is 9.34. The molecule has 0 bridgehead atoms. The molecule has 1 aliphatic heterocycles. The SMILES string of the molecule is CN1CCCC(CNc2cc(CO)ccc2[N+](=O)[O-])C1c1cccs1. The van der Waals surface area contributed by atoms with E-state index in [0.29, 0.717) is 29.8 Å². The Morgan fingerprint density at radius 3 is 2.96 bits per heavy atom. The average molecular weight is 361 g/mol. The van der Waals surface area contributed by atoms with Crippen LogP contribution in [0.4, 0.5) is 11.4 Å². The molecular weight excluding hydrogens is 338 g/mol. The van der Waals surface area contributed by atoms with Gasteiger partial charge in [-0.3, -0.25) is 15.0 Å². The summed E-state index contributed by atoms with van der Waals surface area (Å²) in [6, 6.07) is 9.29. The zero-order chi connectivity index (χ0) is 17.8. The molecule has 1 aliphatic rings. The Morgan fingerprint density at radius 2 is 2.28 bits per heavy atom. The Labute approximate surface area is 151 Å². The number of benzene rings is 1. The molecule has 1 aromatic heterocycles. The van der Waals surface area contributed by atoms with Gasteiger partial charge in [0.15, 0.2) is 0 Å². The number of rotatable bonds is 6. The lowest BCUT2D eigenvalue weighted by Crippen LogP contribution is -2.38. The van der Waals surface area contributed by atoms with Gasteiger partial charge in [0.25, 0.3) is 5.69 Å². The number of thiophene rings is 1. The first kappa shape index (κ1) is 17.8. The smallest absolute Gasteiger partial charge is 0.292 e. The van der Waals surface area contributed by atoms with E-state index in [9.17, 15) is 15.2 Å². The van der Waals surface area contributed by atoms with Gasteiger partial charge in [-0.25, -0.2) is 0 Å². The second kappa shape index (κ2) is 7.95. The van der Waals surface area contributed by atoms with Gasteiger partial charge in [-0.2, -0.15) is 0 Å². The average Bonchev–Trinajstić information content (AvgIpc) is 3.13. The van der Waals surface area contributed by atoms with Crippen molar-refractivity contribution in [3.8, 4) is 0 Å². The molecule has 1 aromatic carbocycles. The summed E-state index contributed by atoms with van der Waals surface area (Å²) in [6.45, 7) is 1.61. The number of hydrogen-bond acceptors (Lipinski definition) is 6. The monoisotopic (exact) mass is 361 g/mol. The van der Waals surface area contributed by atoms with Gasteiger partial charge in [0, 0.05) is 23.5 Å². The Morgan fingerprint density at radius 1 is 1.44 bits per heavy atom. The number of nitrogens with zero attached hydrogens (tertiary/aromatic N) is 2. The summed E-state index contributed by atoms with van der Waals surface area (Å²) in [5.41, 5.74) is 1.20. The summed E-state index contributed by atoms with van der Waals surface area (Å²) in [6.07, 6.45) is 2.22. The van der Waals surface area contributed by atoms with Gasteiger partial charge in [0.1, 0.15) is 5.69 Å². The fourth-order valence-corrected chi connectivity index (χ4v) is 4.59. The molecule has 0 saturated carbocycles. The molecule has 2 unspecified atom stereocenters. The number of nitro benzene ring substituents is 1. The Hall–Kier alpha value is -1.96. The first-order valence-electron chi connectivity index (χ1n) is 8.46. The van der Waals surface area contributed by atoms with Crippen molar-refractivity contribution < 1.29 is 10.0 Å². The molecule has 0 radical (unpaired) electrons. The van der Waals surface area contributed by atoms with E-state index in [1.54, 1.807) is 23.5 Å². The maximum atomic E-state index is 11.3. The fourth-order valence-electron chi connectivity index (χ4n) is 3.61. The maximum absolute atomic E-state index is 11.3. The van der Waals surface area contributed by atoms with E-state index < -0.39 is 0 Å². The second-order valence-electron chi connectivity index (χ2n) is 6.49. The molecule has 0 spiro atoms. The van der Waals surface area contributed by atoms with Gasteiger partial charge < -0.3 is 10.4 Å². The van der Waals surface area contributed by atoms with Crippen LogP contribution in [0, 0.1) is 16.0 Å². The van der Waals surface area contributed by atoms with Crippen molar-refractivity contribution in [2.75, 3.05) is 25.5 Å². The lowest BCUT2D eigenvalue weighted by Gasteiger charge is -2.39. The van der Waals surface area contributed by atoms with Crippen LogP contribution in [0.5, 0.6) is 0 Å². The number of hydrogen-bond donors (Lipinski definition) is 2. The molecule has 1 saturated heterocycles. The van der Waals surface area contributed by atoms with Crippen LogP contribution in [0.1, 0.15) is 29.3 Å². The van der Waals surface area contributed by atoms with E-state index in [4.69, 9.17) is 0 Å². The molecule has 0 amide bonds. The van der Waals surface area contributed by atoms with Crippen molar-refractivity contribution in [3.05, 3.63) is 56.3 Å². The number of nitrogens with one attached hydrogen (secondary N) is 1. The number of nitro groups is 1. The third-order valence-electron chi connectivity index (χ3n) is 4.84. The molecule has 7 heteroatoms. The van der Waals surface area contributed by atoms with E-state index in [1.165, 1.54) is 10.9 Å². The number of anilines is 1. The lowest BCUT2D eigenvalue weighted by atomic mass is 9.88. The minimum absolute atomic E-state index is 0.0500. The lowest BCUT2D eigenvalue weighted by molar-refractivity contribution is -0.384. The molecule has 6 nitrogen and oxygen atoms in total. The molecule has 25 heavy (non-hydrogen) atoms. The molecule has 2 aromatic rings. The summed E-state index contributed by atoms with van der Waals surface area (Å²) in [7, 11) is 2.14. The van der Waals surface area contributed by atoms with E-state index >= 15 is 0 Å². The third-order valence-corrected chi connectivity index (χ3v) is 5.78. The summed E-state index contributed by atoms with van der Waals surface area (Å²) >= 11 is 1.76. The van der Waals surface area contributed by atoms with Crippen molar-refractivity contribution in [3.63, 3.8) is 0 Å². The van der Waals surface area contributed by atoms with Crippen LogP contribution in [0.3, 0.4) is 0 Å². The van der Waals surface area contributed by atoms with E-state index in [1.807, 2.05) is 0 Å². The zero-order valence-electron chi connectivity index (χ0n) is 14.2. The van der Waals surface area contributed by atoms with Gasteiger partial charge >= 0.3 is 0 Å². The van der Waals surface area contributed by atoms with Crippen LogP contribution < -0.4 is 5.32 Å². The number of aliphatic hydroxyl groups excluding tert-OH is 1. The summed E-state index contributed by atoms with van der Waals surface area (Å²) in [4.78, 5) is 14.6. The van der Waals surface area contributed by atoms with Crippen LogP contribution >= 0.6 is 11.3 Å². The number of likely N-dealkylation sites (tertiary alicyclic amines) is 1. The fraction of sp³-hybridized carbons (Fsp3) is 0.444. The minimum Gasteiger partial charge on any atom is -0.392 e. The highest BCUT2D eigenvalue weighted by Gasteiger charge is 2.31. The molecular formula is C18H23N3O3S. The van der Waals surface area contributed by atoms with Gasteiger partial charge in [0.2, 0.25) is 0 Å². The zero-order valence-corrected chi connectivity index (χ0v) is 15.0. The van der Waals surface area contributed by atoms with Crippen LogP contribution in [0.2, 0.25) is 0 Å². The number of piperidine rings is 1. The van der Waals surface area contributed by atoms with E-state index in [-0.39, 0.29) is 17.2 Å². The Bertz CT molecular complexity index is 720. The van der Waals surface area contributed by atoms with Crippen molar-refractivity contribution in [2.45, 2.75) is 25.5 Å². The minimum atomic E-state index is -0.382. The normalized spacial score (nSPS) is 21.2. The molecule has 134 valence electrons. The predicted octanol–water partition coefficient (Wildman–Crippen LogP) is 3.64. The maximum Gasteiger partial charge on any atom is 0.292 e. The van der Waals surface area contributed by atoms with Crippen LogP contribution in [0.25, 0.3) is 0 Å². The highest BCUT2D eigenvalue weighted by Crippen LogP contribution is 2.37. The van der Waals surface area contributed by atoms with Crippen molar-refractivity contribution >= 4 is 22.7 Å². The van der Waals surface area contributed by atoms with Crippen molar-refractivity contribution in [2.24, 2.45) is 5.92 Å². The van der Waals surface area contributed by atoms with Gasteiger partial charge in [-0.15, -0.1) is 11.3 Å². The molecule has 3 rings (SSSR count). The molecule has 2 N–H and O–H groups in total. The highest BCUT2D eigenvalue weighted by molar-refractivity contribution is 7.10. The van der Waals surface area contributed by atoms with Gasteiger partial charge in [0.05, 0.1) is 11.5 Å². The van der Waals surface area contributed by atoms with Gasteiger partial charge in [-0.05, 0) is 61.5 Å². The third kappa shape index (κ3) is 4.00. The molecule has 2 heterocycles. The Kier molecular flexibility index (Phi) is 5.67. The van der Waals surface area contributed by atoms with Crippen LogP contribution in [-0.2, 0) is 6.61 Å². The van der Waals surface area contributed by atoms with Gasteiger partial charge in [-0.1, -0.05) is 6.07 Å². The molecule has 0 aliphatic carbocycles. The summed E-state index contributed by atoms with van der Waals surface area (Å²) < 4.78 is 0. The van der Waals surface area contributed by atoms with Crippen molar-refractivity contribution in [1.29, 1.82) is 0 Å². The van der Waals surface area contributed by atoms with Crippen LogP contribution in [0.15, 0.2) is 35.7 Å². The summed E-state index contributed by atoms with van der Waals surface area (Å²) in [5, 5.41) is 26.0. The number of aliphatic hydroxyl groups is 1.